The molecule has 0 saturated carbocycles. The summed E-state index contributed by atoms with van der Waals surface area (Å²) in [5.74, 6) is 0.0528. The fourth-order valence-electron chi connectivity index (χ4n) is 2.59. The summed E-state index contributed by atoms with van der Waals surface area (Å²) in [4.78, 5) is 25.4. The van der Waals surface area contributed by atoms with Gasteiger partial charge in [0.1, 0.15) is 5.60 Å². The van der Waals surface area contributed by atoms with Crippen LogP contribution >= 0.6 is 0 Å². The maximum absolute atomic E-state index is 12.3. The molecule has 4 heteroatoms. The first-order valence-corrected chi connectivity index (χ1v) is 7.38. The van der Waals surface area contributed by atoms with E-state index in [0.717, 1.165) is 18.4 Å². The Balaban J connectivity index is 2.14. The van der Waals surface area contributed by atoms with E-state index in [9.17, 15) is 9.59 Å². The first-order chi connectivity index (χ1) is 9.78. The molecule has 1 atom stereocenters. The van der Waals surface area contributed by atoms with E-state index in [-0.39, 0.29) is 17.9 Å². The summed E-state index contributed by atoms with van der Waals surface area (Å²) >= 11 is 0. The highest BCUT2D eigenvalue weighted by atomic mass is 16.6. The van der Waals surface area contributed by atoms with Gasteiger partial charge in [0.2, 0.25) is 0 Å². The molecule has 0 aromatic heterocycles. The Hall–Kier alpha value is -1.84. The maximum Gasteiger partial charge on any atom is 0.410 e. The molecule has 114 valence electrons. The van der Waals surface area contributed by atoms with Crippen LogP contribution in [0, 0.1) is 0 Å². The van der Waals surface area contributed by atoms with Gasteiger partial charge in [-0.1, -0.05) is 24.3 Å². The molecule has 0 N–H and O–H groups in total. The fourth-order valence-corrected chi connectivity index (χ4v) is 2.59. The van der Waals surface area contributed by atoms with Gasteiger partial charge >= 0.3 is 6.09 Å². The van der Waals surface area contributed by atoms with E-state index in [2.05, 4.69) is 0 Å². The van der Waals surface area contributed by atoms with Gasteiger partial charge < -0.3 is 9.64 Å². The molecule has 1 aliphatic heterocycles. The molecule has 1 aromatic rings. The van der Waals surface area contributed by atoms with Crippen LogP contribution in [0.15, 0.2) is 24.3 Å². The number of amides is 1. The zero-order chi connectivity index (χ0) is 15.6. The smallest absolute Gasteiger partial charge is 0.410 e. The minimum atomic E-state index is -0.483. The third kappa shape index (κ3) is 3.84. The number of ether oxygens (including phenoxy) is 1. The topological polar surface area (TPSA) is 46.6 Å². The lowest BCUT2D eigenvalue weighted by Gasteiger charge is -2.28. The third-order valence-corrected chi connectivity index (χ3v) is 3.58. The highest BCUT2D eigenvalue weighted by Gasteiger charge is 2.33. The van der Waals surface area contributed by atoms with Crippen LogP contribution < -0.4 is 0 Å². The maximum atomic E-state index is 12.3. The van der Waals surface area contributed by atoms with Crippen LogP contribution in [0.5, 0.6) is 0 Å². The summed E-state index contributed by atoms with van der Waals surface area (Å²) in [5, 5.41) is 0. The third-order valence-electron chi connectivity index (χ3n) is 3.58. The summed E-state index contributed by atoms with van der Waals surface area (Å²) < 4.78 is 5.47. The van der Waals surface area contributed by atoms with Crippen molar-refractivity contribution >= 4 is 11.9 Å². The van der Waals surface area contributed by atoms with Crippen molar-refractivity contribution in [3.63, 3.8) is 0 Å². The van der Waals surface area contributed by atoms with Crippen LogP contribution in [-0.4, -0.2) is 28.9 Å². The van der Waals surface area contributed by atoms with E-state index in [1.165, 1.54) is 0 Å². The molecule has 1 saturated heterocycles. The monoisotopic (exact) mass is 289 g/mol. The zero-order valence-corrected chi connectivity index (χ0v) is 13.2. The number of carbonyl (C=O) groups excluding carboxylic acids is 2. The summed E-state index contributed by atoms with van der Waals surface area (Å²) in [7, 11) is 0. The molecule has 0 unspecified atom stereocenters. The van der Waals surface area contributed by atoms with Crippen molar-refractivity contribution in [2.45, 2.75) is 52.2 Å². The lowest BCUT2D eigenvalue weighted by atomic mass is 10.0. The average Bonchev–Trinajstić information content (AvgIpc) is 2.86. The van der Waals surface area contributed by atoms with Gasteiger partial charge in [0.25, 0.3) is 0 Å². The van der Waals surface area contributed by atoms with Gasteiger partial charge in [-0.25, -0.2) is 4.79 Å². The summed E-state index contributed by atoms with van der Waals surface area (Å²) in [6.07, 6.45) is 1.64. The Morgan fingerprint density at radius 1 is 1.19 bits per heavy atom. The predicted molar refractivity (Wildman–Crippen MR) is 81.4 cm³/mol. The van der Waals surface area contributed by atoms with Crippen LogP contribution in [0.4, 0.5) is 4.79 Å². The van der Waals surface area contributed by atoms with E-state index in [0.29, 0.717) is 12.1 Å². The molecule has 0 spiro atoms. The number of nitrogens with zero attached hydrogens (tertiary/aromatic N) is 1. The van der Waals surface area contributed by atoms with Gasteiger partial charge in [-0.3, -0.25) is 4.79 Å². The van der Waals surface area contributed by atoms with Crippen molar-refractivity contribution in [2.24, 2.45) is 0 Å². The van der Waals surface area contributed by atoms with Crippen molar-refractivity contribution in [3.8, 4) is 0 Å². The minimum absolute atomic E-state index is 0.0425. The second kappa shape index (κ2) is 5.88. The summed E-state index contributed by atoms with van der Waals surface area (Å²) in [5.41, 5.74) is 1.27. The molecule has 0 radical (unpaired) electrons. The average molecular weight is 289 g/mol. The molecule has 0 aliphatic carbocycles. The molecule has 1 amide bonds. The van der Waals surface area contributed by atoms with Crippen molar-refractivity contribution in [1.29, 1.82) is 0 Å². The molecule has 1 fully saturated rings. The van der Waals surface area contributed by atoms with E-state index < -0.39 is 5.60 Å². The Labute approximate surface area is 126 Å². The number of rotatable bonds is 2. The first-order valence-electron chi connectivity index (χ1n) is 7.38. The van der Waals surface area contributed by atoms with Gasteiger partial charge in [-0.05, 0) is 46.1 Å². The van der Waals surface area contributed by atoms with Crippen LogP contribution in [0.25, 0.3) is 0 Å². The molecular weight excluding hydrogens is 266 g/mol. The molecule has 1 heterocycles. The van der Waals surface area contributed by atoms with Gasteiger partial charge in [0.05, 0.1) is 6.04 Å². The Bertz CT molecular complexity index is 528. The van der Waals surface area contributed by atoms with Crippen molar-refractivity contribution in [2.75, 3.05) is 6.54 Å². The number of Topliss-reactive ketones (excluding diaryl/α,β-unsaturated/α-hetero) is 1. The largest absolute Gasteiger partial charge is 0.444 e. The number of hydrogen-bond acceptors (Lipinski definition) is 3. The second-order valence-corrected chi connectivity index (χ2v) is 6.51. The minimum Gasteiger partial charge on any atom is -0.444 e. The molecule has 1 aromatic carbocycles. The number of benzene rings is 1. The summed E-state index contributed by atoms with van der Waals surface area (Å²) in [6.45, 7) is 7.89. The molecule has 2 rings (SSSR count). The van der Waals surface area contributed by atoms with Gasteiger partial charge in [-0.2, -0.15) is 0 Å². The van der Waals surface area contributed by atoms with Gasteiger partial charge in [0, 0.05) is 12.1 Å². The standard InChI is InChI=1S/C17H23NO3/c1-12(19)13-7-9-14(10-8-13)15-6-5-11-18(15)16(20)21-17(2,3)4/h7-10,15H,5-6,11H2,1-4H3/t15-/m0/s1. The predicted octanol–water partition coefficient (Wildman–Crippen LogP) is 3.96. The SMILES string of the molecule is CC(=O)c1ccc([C@@H]2CCCN2C(=O)OC(C)(C)C)cc1. The van der Waals surface area contributed by atoms with Crippen molar-refractivity contribution in [3.05, 3.63) is 35.4 Å². The zero-order valence-electron chi connectivity index (χ0n) is 13.2. The lowest BCUT2D eigenvalue weighted by Crippen LogP contribution is -2.36. The highest BCUT2D eigenvalue weighted by molar-refractivity contribution is 5.94. The van der Waals surface area contributed by atoms with Crippen molar-refractivity contribution < 1.29 is 14.3 Å². The molecule has 4 nitrogen and oxygen atoms in total. The quantitative estimate of drug-likeness (QED) is 0.774. The van der Waals surface area contributed by atoms with Crippen LogP contribution in [0.3, 0.4) is 0 Å². The molecular formula is C17H23NO3. The van der Waals surface area contributed by atoms with Crippen LogP contribution in [0.1, 0.15) is 62.5 Å². The molecule has 0 bridgehead atoms. The Kier molecular flexibility index (Phi) is 4.35. The lowest BCUT2D eigenvalue weighted by molar-refractivity contribution is 0.0224. The van der Waals surface area contributed by atoms with Gasteiger partial charge in [0.15, 0.2) is 5.78 Å². The number of ketones is 1. The van der Waals surface area contributed by atoms with Crippen molar-refractivity contribution in [1.82, 2.24) is 4.90 Å². The number of carbonyl (C=O) groups is 2. The normalized spacial score (nSPS) is 18.7. The second-order valence-electron chi connectivity index (χ2n) is 6.51. The molecule has 1 aliphatic rings. The summed E-state index contributed by atoms with van der Waals surface area (Å²) in [6, 6.07) is 7.56. The van der Waals surface area contributed by atoms with E-state index in [4.69, 9.17) is 4.74 Å². The number of likely N-dealkylation sites (tertiary alicyclic amines) is 1. The Morgan fingerprint density at radius 2 is 1.81 bits per heavy atom. The highest BCUT2D eigenvalue weighted by Crippen LogP contribution is 2.33. The molecule has 21 heavy (non-hydrogen) atoms. The number of hydrogen-bond donors (Lipinski definition) is 0. The van der Waals surface area contributed by atoms with Crippen LogP contribution in [-0.2, 0) is 4.74 Å². The van der Waals surface area contributed by atoms with Crippen LogP contribution in [0.2, 0.25) is 0 Å². The van der Waals surface area contributed by atoms with E-state index in [1.807, 2.05) is 45.0 Å². The fraction of sp³-hybridized carbons (Fsp3) is 0.529. The first kappa shape index (κ1) is 15.5. The van der Waals surface area contributed by atoms with E-state index in [1.54, 1.807) is 11.8 Å². The van der Waals surface area contributed by atoms with Gasteiger partial charge in [-0.15, -0.1) is 0 Å². The Morgan fingerprint density at radius 3 is 2.33 bits per heavy atom. The van der Waals surface area contributed by atoms with E-state index >= 15 is 0 Å².